The van der Waals surface area contributed by atoms with E-state index >= 15 is 0 Å². The van der Waals surface area contributed by atoms with Crippen LogP contribution in [0.2, 0.25) is 0 Å². The lowest BCUT2D eigenvalue weighted by molar-refractivity contribution is 0.0587. The fourth-order valence-electron chi connectivity index (χ4n) is 3.79. The van der Waals surface area contributed by atoms with E-state index in [4.69, 9.17) is 0 Å². The average Bonchev–Trinajstić information content (AvgIpc) is 3.08. The number of carbonyl (C=O) groups excluding carboxylic acids is 1. The van der Waals surface area contributed by atoms with Crippen LogP contribution in [0.3, 0.4) is 0 Å². The first-order chi connectivity index (χ1) is 11.1. The van der Waals surface area contributed by atoms with Crippen LogP contribution in [0.25, 0.3) is 0 Å². The molecule has 0 radical (unpaired) electrons. The van der Waals surface area contributed by atoms with E-state index < -0.39 is 0 Å². The molecule has 2 aliphatic heterocycles. The summed E-state index contributed by atoms with van der Waals surface area (Å²) in [5.41, 5.74) is 0.547. The molecule has 1 atom stereocenters. The van der Waals surface area contributed by atoms with Crippen molar-refractivity contribution in [1.29, 1.82) is 0 Å². The number of amides is 1. The summed E-state index contributed by atoms with van der Waals surface area (Å²) in [6, 6.07) is 3.49. The van der Waals surface area contributed by atoms with Gasteiger partial charge in [-0.2, -0.15) is 0 Å². The van der Waals surface area contributed by atoms with Crippen LogP contribution in [0.5, 0.6) is 0 Å². The minimum atomic E-state index is -0.0780. The second-order valence-electron chi connectivity index (χ2n) is 6.85. The fraction of sp³-hybridized carbons (Fsp3) is 0.667. The quantitative estimate of drug-likeness (QED) is 0.851. The Kier molecular flexibility index (Phi) is 5.16. The van der Waals surface area contributed by atoms with E-state index in [1.807, 2.05) is 4.90 Å². The lowest BCUT2D eigenvalue weighted by atomic mass is 9.98. The molecule has 3 rings (SSSR count). The Balaban J connectivity index is 1.67. The second kappa shape index (κ2) is 7.30. The van der Waals surface area contributed by atoms with Crippen molar-refractivity contribution in [3.8, 4) is 0 Å². The lowest BCUT2D eigenvalue weighted by Crippen LogP contribution is -2.45. The average molecular weight is 317 g/mol. The van der Waals surface area contributed by atoms with Crippen molar-refractivity contribution in [2.75, 3.05) is 26.2 Å². The molecule has 0 bridgehead atoms. The van der Waals surface area contributed by atoms with E-state index in [1.165, 1.54) is 43.0 Å². The third-order valence-corrected chi connectivity index (χ3v) is 5.20. The Bertz CT molecular complexity index is 605. The highest BCUT2D eigenvalue weighted by molar-refractivity contribution is 5.94. The molecule has 3 heterocycles. The third kappa shape index (κ3) is 3.83. The van der Waals surface area contributed by atoms with Crippen molar-refractivity contribution in [2.24, 2.45) is 7.05 Å². The molecule has 0 saturated carbocycles. The maximum Gasteiger partial charge on any atom is 0.255 e. The van der Waals surface area contributed by atoms with Crippen LogP contribution in [0.1, 0.15) is 48.9 Å². The number of aromatic nitrogens is 1. The van der Waals surface area contributed by atoms with Gasteiger partial charge in [0.05, 0.1) is 5.56 Å². The Morgan fingerprint density at radius 1 is 1.13 bits per heavy atom. The van der Waals surface area contributed by atoms with Gasteiger partial charge in [-0.05, 0) is 57.7 Å². The van der Waals surface area contributed by atoms with Crippen molar-refractivity contribution < 1.29 is 4.79 Å². The smallest absolute Gasteiger partial charge is 0.255 e. The van der Waals surface area contributed by atoms with E-state index in [1.54, 1.807) is 19.3 Å². The van der Waals surface area contributed by atoms with Gasteiger partial charge in [-0.15, -0.1) is 0 Å². The molecular formula is C18H27N3O2. The maximum absolute atomic E-state index is 12.9. The largest absolute Gasteiger partial charge is 0.336 e. The van der Waals surface area contributed by atoms with E-state index in [2.05, 4.69) is 4.90 Å². The second-order valence-corrected chi connectivity index (χ2v) is 6.85. The molecule has 2 fully saturated rings. The molecule has 2 saturated heterocycles. The number of pyridine rings is 1. The summed E-state index contributed by atoms with van der Waals surface area (Å²) in [5.74, 6) is 0.0757. The van der Waals surface area contributed by atoms with Gasteiger partial charge in [0.2, 0.25) is 5.56 Å². The topological polar surface area (TPSA) is 45.6 Å². The maximum atomic E-state index is 12.9. The number of hydrogen-bond donors (Lipinski definition) is 0. The summed E-state index contributed by atoms with van der Waals surface area (Å²) in [5, 5.41) is 0. The van der Waals surface area contributed by atoms with Gasteiger partial charge in [0.1, 0.15) is 0 Å². The third-order valence-electron chi connectivity index (χ3n) is 5.20. The highest BCUT2D eigenvalue weighted by atomic mass is 16.2. The molecule has 5 heteroatoms. The molecular weight excluding hydrogens is 290 g/mol. The number of rotatable bonds is 4. The van der Waals surface area contributed by atoms with Gasteiger partial charge in [0.25, 0.3) is 5.91 Å². The van der Waals surface area contributed by atoms with E-state index in [9.17, 15) is 9.59 Å². The normalized spacial score (nSPS) is 22.5. The first-order valence-electron chi connectivity index (χ1n) is 8.85. The summed E-state index contributed by atoms with van der Waals surface area (Å²) >= 11 is 0. The van der Waals surface area contributed by atoms with Crippen molar-refractivity contribution >= 4 is 5.91 Å². The number of hydrogen-bond acceptors (Lipinski definition) is 3. The standard InChI is InChI=1S/C18H27N3O2/c1-19-14-15(7-8-17(19)22)18(23)21-12-3-2-6-16(21)9-13-20-10-4-5-11-20/h7-8,14,16H,2-6,9-13H2,1H3/t16-/m1/s1. The molecule has 0 spiro atoms. The number of likely N-dealkylation sites (tertiary alicyclic amines) is 2. The number of piperidine rings is 1. The Morgan fingerprint density at radius 3 is 2.61 bits per heavy atom. The zero-order valence-corrected chi connectivity index (χ0v) is 14.0. The summed E-state index contributed by atoms with van der Waals surface area (Å²) in [6.07, 6.45) is 8.75. The van der Waals surface area contributed by atoms with E-state index in [-0.39, 0.29) is 11.5 Å². The number of nitrogens with zero attached hydrogens (tertiary/aromatic N) is 3. The van der Waals surface area contributed by atoms with Crippen LogP contribution >= 0.6 is 0 Å². The summed E-state index contributed by atoms with van der Waals surface area (Å²) in [4.78, 5) is 28.9. The first-order valence-corrected chi connectivity index (χ1v) is 8.85. The molecule has 1 amide bonds. The molecule has 126 valence electrons. The Hall–Kier alpha value is -1.62. The lowest BCUT2D eigenvalue weighted by Gasteiger charge is -2.36. The number of carbonyl (C=O) groups is 1. The van der Waals surface area contributed by atoms with Crippen LogP contribution in [0, 0.1) is 0 Å². The van der Waals surface area contributed by atoms with Crippen molar-refractivity contribution in [1.82, 2.24) is 14.4 Å². The molecule has 23 heavy (non-hydrogen) atoms. The summed E-state index contributed by atoms with van der Waals surface area (Å²) < 4.78 is 1.48. The molecule has 0 unspecified atom stereocenters. The molecule has 0 aliphatic carbocycles. The molecule has 1 aromatic rings. The van der Waals surface area contributed by atoms with Crippen LogP contribution in [-0.4, -0.2) is 52.5 Å². The van der Waals surface area contributed by atoms with Gasteiger partial charge in [0, 0.05) is 38.4 Å². The molecule has 5 nitrogen and oxygen atoms in total. The Morgan fingerprint density at radius 2 is 1.87 bits per heavy atom. The van der Waals surface area contributed by atoms with Crippen molar-refractivity contribution in [3.63, 3.8) is 0 Å². The van der Waals surface area contributed by atoms with Gasteiger partial charge in [0.15, 0.2) is 0 Å². The van der Waals surface area contributed by atoms with Crippen LogP contribution in [0.15, 0.2) is 23.1 Å². The van der Waals surface area contributed by atoms with Crippen LogP contribution in [-0.2, 0) is 7.05 Å². The molecule has 2 aliphatic rings. The van der Waals surface area contributed by atoms with Crippen LogP contribution < -0.4 is 5.56 Å². The minimum absolute atomic E-state index is 0.0757. The van der Waals surface area contributed by atoms with Gasteiger partial charge < -0.3 is 14.4 Å². The highest BCUT2D eigenvalue weighted by Crippen LogP contribution is 2.23. The zero-order valence-electron chi connectivity index (χ0n) is 14.0. The Labute approximate surface area is 137 Å². The van der Waals surface area contributed by atoms with Gasteiger partial charge in [-0.1, -0.05) is 0 Å². The SMILES string of the molecule is Cn1cc(C(=O)N2CCCC[C@@H]2CCN2CCCC2)ccc1=O. The van der Waals surface area contributed by atoms with E-state index in [0.717, 1.165) is 32.4 Å². The van der Waals surface area contributed by atoms with E-state index in [0.29, 0.717) is 11.6 Å². The van der Waals surface area contributed by atoms with Gasteiger partial charge >= 0.3 is 0 Å². The fourth-order valence-corrected chi connectivity index (χ4v) is 3.79. The molecule has 0 aromatic carbocycles. The van der Waals surface area contributed by atoms with Crippen molar-refractivity contribution in [2.45, 2.75) is 44.6 Å². The van der Waals surface area contributed by atoms with Gasteiger partial charge in [-0.3, -0.25) is 9.59 Å². The van der Waals surface area contributed by atoms with Crippen molar-refractivity contribution in [3.05, 3.63) is 34.2 Å². The predicted molar refractivity (Wildman–Crippen MR) is 90.6 cm³/mol. The first kappa shape index (κ1) is 16.2. The molecule has 0 N–H and O–H groups in total. The summed E-state index contributed by atoms with van der Waals surface area (Å²) in [6.45, 7) is 4.36. The molecule has 1 aromatic heterocycles. The van der Waals surface area contributed by atoms with Crippen LogP contribution in [0.4, 0.5) is 0 Å². The zero-order chi connectivity index (χ0) is 16.2. The summed E-state index contributed by atoms with van der Waals surface area (Å²) in [7, 11) is 1.69. The minimum Gasteiger partial charge on any atom is -0.336 e. The monoisotopic (exact) mass is 317 g/mol. The number of aryl methyl sites for hydroxylation is 1. The van der Waals surface area contributed by atoms with Gasteiger partial charge in [-0.25, -0.2) is 0 Å². The highest BCUT2D eigenvalue weighted by Gasteiger charge is 2.28. The predicted octanol–water partition coefficient (Wildman–Crippen LogP) is 1.87.